The van der Waals surface area contributed by atoms with Crippen LogP contribution in [0.5, 0.6) is 5.75 Å². The number of carbonyl (C=O) groups excluding carboxylic acids is 1. The fraction of sp³-hybridized carbons (Fsp3) is 0.484. The van der Waals surface area contributed by atoms with Crippen LogP contribution in [0.3, 0.4) is 0 Å². The zero-order valence-corrected chi connectivity index (χ0v) is 28.0. The molecular formula is C31H39F2N6O7P. The standard InChI is InChI=1S/C31H39F2N6O7P/c1-18(26(40)43-15-29(3,4)5)38-47(42,46-22-14-10-12-20-11-8-9-13-21(20)22)44-16-31(33)27(41)30(6,32)28(45-31)39-17-35-23-24(34-7)36-19(2)37-25(23)39/h8-14,17-18,27-28,41H,15-16H2,1-7H3,(H,38,42)(H,34,36,37)/t18-,27-,28+,30+,31+,47-/m0/s1. The summed E-state index contributed by atoms with van der Waals surface area (Å²) in [6.07, 6.45) is -3.00. The van der Waals surface area contributed by atoms with E-state index >= 15 is 8.78 Å². The number of rotatable bonds is 11. The van der Waals surface area contributed by atoms with Gasteiger partial charge in [-0.15, -0.1) is 0 Å². The number of imidazole rings is 1. The van der Waals surface area contributed by atoms with Gasteiger partial charge in [-0.2, -0.15) is 5.09 Å². The first-order chi connectivity index (χ1) is 22.0. The molecule has 0 aliphatic carbocycles. The molecule has 0 spiro atoms. The number of fused-ring (bicyclic) bond motifs is 2. The lowest BCUT2D eigenvalue weighted by Crippen LogP contribution is -2.47. The summed E-state index contributed by atoms with van der Waals surface area (Å²) in [6, 6.07) is 10.8. The molecule has 3 N–H and O–H groups in total. The minimum absolute atomic E-state index is 0.0699. The third kappa shape index (κ3) is 7.09. The lowest BCUT2D eigenvalue weighted by molar-refractivity contribution is -0.202. The lowest BCUT2D eigenvalue weighted by atomic mass is 9.97. The van der Waals surface area contributed by atoms with Crippen molar-refractivity contribution in [2.75, 3.05) is 25.6 Å². The third-order valence-corrected chi connectivity index (χ3v) is 9.12. The van der Waals surface area contributed by atoms with Crippen molar-refractivity contribution >= 4 is 41.5 Å². The van der Waals surface area contributed by atoms with Crippen molar-refractivity contribution < 1.29 is 41.8 Å². The molecule has 2 aromatic heterocycles. The second kappa shape index (κ2) is 12.7. The minimum atomic E-state index is -4.67. The van der Waals surface area contributed by atoms with E-state index in [1.165, 1.54) is 19.3 Å². The highest BCUT2D eigenvalue weighted by atomic mass is 31.2. The van der Waals surface area contributed by atoms with E-state index < -0.39 is 50.2 Å². The first-order valence-corrected chi connectivity index (χ1v) is 16.5. The molecule has 0 radical (unpaired) electrons. The zero-order valence-electron chi connectivity index (χ0n) is 27.2. The molecule has 6 atom stereocenters. The average molecular weight is 677 g/mol. The van der Waals surface area contributed by atoms with Crippen molar-refractivity contribution in [2.24, 2.45) is 5.41 Å². The van der Waals surface area contributed by atoms with Gasteiger partial charge in [-0.05, 0) is 37.6 Å². The monoisotopic (exact) mass is 676 g/mol. The van der Waals surface area contributed by atoms with Crippen molar-refractivity contribution in [3.05, 3.63) is 54.6 Å². The SMILES string of the molecule is CNc1nc(C)nc2c1ncn2[C@@H]1O[C@](F)(CO[P@@](=O)(N[C@@H](C)C(=O)OCC(C)(C)C)Oc2cccc3ccccc23)[C@@H](O)[C@@]1(C)F. The Bertz CT molecular complexity index is 1830. The Balaban J connectivity index is 1.44. The summed E-state index contributed by atoms with van der Waals surface area (Å²) in [5.74, 6) is -3.23. The number of anilines is 1. The van der Waals surface area contributed by atoms with Crippen molar-refractivity contribution in [2.45, 2.75) is 71.4 Å². The number of nitrogens with zero attached hydrogens (tertiary/aromatic N) is 4. The van der Waals surface area contributed by atoms with Crippen LogP contribution >= 0.6 is 7.75 Å². The largest absolute Gasteiger partial charge is 0.464 e. The van der Waals surface area contributed by atoms with Crippen molar-refractivity contribution in [1.82, 2.24) is 24.6 Å². The first-order valence-electron chi connectivity index (χ1n) is 15.0. The normalized spacial score (nSPS) is 25.1. The molecule has 0 bridgehead atoms. The molecule has 1 aliphatic heterocycles. The Labute approximate surface area is 270 Å². The Morgan fingerprint density at radius 3 is 2.60 bits per heavy atom. The second-order valence-electron chi connectivity index (χ2n) is 12.9. The number of nitrogens with one attached hydrogen (secondary N) is 2. The van der Waals surface area contributed by atoms with Gasteiger partial charge in [-0.25, -0.2) is 28.3 Å². The maximum Gasteiger partial charge on any atom is 0.459 e. The van der Waals surface area contributed by atoms with E-state index in [1.54, 1.807) is 50.4 Å². The number of alkyl halides is 2. The molecule has 3 heterocycles. The molecular weight excluding hydrogens is 637 g/mol. The quantitative estimate of drug-likeness (QED) is 0.138. The zero-order chi connectivity index (χ0) is 34.4. The topological polar surface area (TPSA) is 159 Å². The van der Waals surface area contributed by atoms with E-state index in [4.69, 9.17) is 18.5 Å². The second-order valence-corrected chi connectivity index (χ2v) is 14.6. The molecule has 13 nitrogen and oxygen atoms in total. The van der Waals surface area contributed by atoms with E-state index in [2.05, 4.69) is 25.4 Å². The Morgan fingerprint density at radius 2 is 1.89 bits per heavy atom. The van der Waals surface area contributed by atoms with Gasteiger partial charge in [0.1, 0.15) is 24.2 Å². The summed E-state index contributed by atoms with van der Waals surface area (Å²) in [6.45, 7) is 8.37. The van der Waals surface area contributed by atoms with Crippen LogP contribution in [0.1, 0.15) is 46.7 Å². The lowest BCUT2D eigenvalue weighted by Gasteiger charge is -2.28. The molecule has 254 valence electrons. The molecule has 0 unspecified atom stereocenters. The molecule has 0 saturated carbocycles. The smallest absolute Gasteiger partial charge is 0.459 e. The van der Waals surface area contributed by atoms with E-state index in [9.17, 15) is 14.5 Å². The van der Waals surface area contributed by atoms with E-state index in [-0.39, 0.29) is 28.9 Å². The van der Waals surface area contributed by atoms with Gasteiger partial charge in [0.2, 0.25) is 0 Å². The fourth-order valence-corrected chi connectivity index (χ4v) is 6.63. The van der Waals surface area contributed by atoms with E-state index in [0.29, 0.717) is 17.0 Å². The molecule has 1 saturated heterocycles. The van der Waals surface area contributed by atoms with Crippen LogP contribution in [-0.2, 0) is 23.4 Å². The number of aromatic nitrogens is 4. The Morgan fingerprint density at radius 1 is 1.19 bits per heavy atom. The van der Waals surface area contributed by atoms with Crippen LogP contribution in [0, 0.1) is 12.3 Å². The summed E-state index contributed by atoms with van der Waals surface area (Å²) in [7, 11) is -3.05. The number of esters is 1. The molecule has 0 amide bonds. The summed E-state index contributed by atoms with van der Waals surface area (Å²) < 4.78 is 70.4. The number of benzene rings is 2. The highest BCUT2D eigenvalue weighted by Crippen LogP contribution is 2.52. The van der Waals surface area contributed by atoms with Gasteiger partial charge in [-0.3, -0.25) is 13.9 Å². The number of aryl methyl sites for hydroxylation is 1. The summed E-state index contributed by atoms with van der Waals surface area (Å²) in [4.78, 5) is 25.6. The molecule has 1 aliphatic rings. The van der Waals surface area contributed by atoms with Crippen molar-refractivity contribution in [3.63, 3.8) is 0 Å². The van der Waals surface area contributed by atoms with E-state index in [1.807, 2.05) is 20.8 Å². The van der Waals surface area contributed by atoms with Crippen LogP contribution in [0.2, 0.25) is 0 Å². The van der Waals surface area contributed by atoms with Crippen LogP contribution in [-0.4, -0.2) is 74.5 Å². The number of halogens is 2. The predicted octanol–water partition coefficient (Wildman–Crippen LogP) is 5.38. The highest BCUT2D eigenvalue weighted by Gasteiger charge is 2.65. The number of hydrogen-bond donors (Lipinski definition) is 3. The molecule has 1 fully saturated rings. The van der Waals surface area contributed by atoms with Crippen LogP contribution in [0.4, 0.5) is 14.6 Å². The number of aliphatic hydroxyl groups is 1. The predicted molar refractivity (Wildman–Crippen MR) is 170 cm³/mol. The van der Waals surface area contributed by atoms with Gasteiger partial charge in [0.25, 0.3) is 5.85 Å². The maximum absolute atomic E-state index is 16.5. The minimum Gasteiger partial charge on any atom is -0.464 e. The highest BCUT2D eigenvalue weighted by molar-refractivity contribution is 7.52. The van der Waals surface area contributed by atoms with Crippen molar-refractivity contribution in [3.8, 4) is 5.75 Å². The summed E-state index contributed by atoms with van der Waals surface area (Å²) in [5.41, 5.74) is -2.70. The molecule has 5 rings (SSSR count). The number of hydrogen-bond acceptors (Lipinski definition) is 11. The molecule has 47 heavy (non-hydrogen) atoms. The Kier molecular flexibility index (Phi) is 9.34. The number of ether oxygens (including phenoxy) is 2. The van der Waals surface area contributed by atoms with Crippen LogP contribution < -0.4 is 14.9 Å². The third-order valence-electron chi connectivity index (χ3n) is 7.51. The van der Waals surface area contributed by atoms with Gasteiger partial charge >= 0.3 is 13.7 Å². The van der Waals surface area contributed by atoms with E-state index in [0.717, 1.165) is 16.9 Å². The van der Waals surface area contributed by atoms with Gasteiger partial charge in [-0.1, -0.05) is 57.2 Å². The van der Waals surface area contributed by atoms with Gasteiger partial charge in [0, 0.05) is 12.4 Å². The van der Waals surface area contributed by atoms with Crippen molar-refractivity contribution in [1.29, 1.82) is 0 Å². The maximum atomic E-state index is 16.5. The average Bonchev–Trinajstić information content (AvgIpc) is 3.50. The number of carbonyl (C=O) groups is 1. The fourth-order valence-electron chi connectivity index (χ4n) is 5.10. The molecule has 4 aromatic rings. The van der Waals surface area contributed by atoms with Crippen LogP contribution in [0.25, 0.3) is 21.9 Å². The van der Waals surface area contributed by atoms with Gasteiger partial charge < -0.3 is 24.4 Å². The molecule has 16 heteroatoms. The summed E-state index contributed by atoms with van der Waals surface area (Å²) in [5, 5.41) is 17.6. The summed E-state index contributed by atoms with van der Waals surface area (Å²) >= 11 is 0. The van der Waals surface area contributed by atoms with Gasteiger partial charge in [0.15, 0.2) is 35.0 Å². The van der Waals surface area contributed by atoms with Crippen LogP contribution in [0.15, 0.2) is 48.8 Å². The molecule has 2 aromatic carbocycles. The first kappa shape index (κ1) is 34.6. The Hall–Kier alpha value is -3.75. The number of aliphatic hydroxyl groups excluding tert-OH is 1. The van der Waals surface area contributed by atoms with Gasteiger partial charge in [0.05, 0.1) is 12.9 Å².